The summed E-state index contributed by atoms with van der Waals surface area (Å²) in [5.41, 5.74) is 2.23. The van der Waals surface area contributed by atoms with E-state index < -0.39 is 0 Å². The minimum Gasteiger partial charge on any atom is -0.383 e. The van der Waals surface area contributed by atoms with Gasteiger partial charge in [0.2, 0.25) is 0 Å². The Bertz CT molecular complexity index is 559. The van der Waals surface area contributed by atoms with Gasteiger partial charge in [0.1, 0.15) is 0 Å². The first kappa shape index (κ1) is 18.6. The predicted octanol–water partition coefficient (Wildman–Crippen LogP) is -0.345. The Morgan fingerprint density at radius 1 is 1.38 bits per heavy atom. The van der Waals surface area contributed by atoms with E-state index >= 15 is 0 Å². The van der Waals surface area contributed by atoms with Gasteiger partial charge in [0.25, 0.3) is 5.91 Å². The number of hydrogen-bond acceptors (Lipinski definition) is 3. The van der Waals surface area contributed by atoms with Crippen LogP contribution in [0.4, 0.5) is 5.69 Å². The van der Waals surface area contributed by atoms with Gasteiger partial charge in [-0.3, -0.25) is 4.79 Å². The summed E-state index contributed by atoms with van der Waals surface area (Å²) < 4.78 is 4.93. The fourth-order valence-corrected chi connectivity index (χ4v) is 3.01. The summed E-state index contributed by atoms with van der Waals surface area (Å²) in [6.07, 6.45) is 0. The van der Waals surface area contributed by atoms with E-state index in [-0.39, 0.29) is 5.91 Å². The second-order valence-electron chi connectivity index (χ2n) is 6.06. The third-order valence-electron chi connectivity index (χ3n) is 4.07. The van der Waals surface area contributed by atoms with Gasteiger partial charge in [0, 0.05) is 19.3 Å². The van der Waals surface area contributed by atoms with Crippen molar-refractivity contribution in [2.24, 2.45) is 0 Å². The number of amides is 1. The lowest BCUT2D eigenvalue weighted by Gasteiger charge is -2.33. The number of rotatable bonds is 6. The molecule has 1 aromatic rings. The average molecular weight is 351 g/mol. The Morgan fingerprint density at radius 2 is 2.12 bits per heavy atom. The maximum atomic E-state index is 11.8. The van der Waals surface area contributed by atoms with E-state index in [1.165, 1.54) is 10.5 Å². The molecular formula is C17H27N4O2S+. The molecule has 1 aromatic carbocycles. The zero-order chi connectivity index (χ0) is 17.4. The SMILES string of the molecule is COCCNC(=O)C[NH+]1CCN(C(=S)Nc2cccc(C)c2)CC1. The normalized spacial score (nSPS) is 15.2. The molecule has 1 aliphatic heterocycles. The standard InChI is InChI=1S/C17H26N4O2S/c1-14-4-3-5-15(12-14)19-17(24)21-9-7-20(8-10-21)13-16(22)18-6-11-23-2/h3-5,12H,6-11,13H2,1-2H3,(H,18,22)(H,19,24)/p+1. The van der Waals surface area contributed by atoms with Gasteiger partial charge >= 0.3 is 0 Å². The first-order valence-electron chi connectivity index (χ1n) is 8.30. The lowest BCUT2D eigenvalue weighted by molar-refractivity contribution is -0.895. The number of piperazine rings is 1. The molecule has 1 saturated heterocycles. The first-order valence-corrected chi connectivity index (χ1v) is 8.71. The van der Waals surface area contributed by atoms with Crippen molar-refractivity contribution < 1.29 is 14.4 Å². The fourth-order valence-electron chi connectivity index (χ4n) is 2.71. The number of benzene rings is 1. The molecule has 132 valence electrons. The molecule has 0 saturated carbocycles. The number of quaternary nitrogens is 1. The number of carbonyl (C=O) groups excluding carboxylic acids is 1. The average Bonchev–Trinajstić information content (AvgIpc) is 2.55. The lowest BCUT2D eigenvalue weighted by Crippen LogP contribution is -3.15. The molecule has 0 atom stereocenters. The smallest absolute Gasteiger partial charge is 0.275 e. The third kappa shape index (κ3) is 6.07. The highest BCUT2D eigenvalue weighted by Gasteiger charge is 2.23. The van der Waals surface area contributed by atoms with Crippen LogP contribution >= 0.6 is 12.2 Å². The van der Waals surface area contributed by atoms with Crippen LogP contribution in [0.25, 0.3) is 0 Å². The quantitative estimate of drug-likeness (QED) is 0.483. The topological polar surface area (TPSA) is 58.0 Å². The fraction of sp³-hybridized carbons (Fsp3) is 0.529. The first-order chi connectivity index (χ1) is 11.6. The molecule has 0 aliphatic carbocycles. The summed E-state index contributed by atoms with van der Waals surface area (Å²) in [7, 11) is 1.63. The Kier molecular flexibility index (Phi) is 7.42. The zero-order valence-corrected chi connectivity index (χ0v) is 15.2. The third-order valence-corrected chi connectivity index (χ3v) is 4.43. The van der Waals surface area contributed by atoms with Gasteiger partial charge in [-0.2, -0.15) is 0 Å². The van der Waals surface area contributed by atoms with Crippen molar-refractivity contribution in [1.82, 2.24) is 10.2 Å². The van der Waals surface area contributed by atoms with Crippen molar-refractivity contribution in [3.05, 3.63) is 29.8 Å². The summed E-state index contributed by atoms with van der Waals surface area (Å²) in [5.74, 6) is 0.0796. The monoisotopic (exact) mass is 351 g/mol. The number of aryl methyl sites for hydroxylation is 1. The molecule has 1 amide bonds. The van der Waals surface area contributed by atoms with Crippen molar-refractivity contribution >= 4 is 28.9 Å². The maximum absolute atomic E-state index is 11.8. The lowest BCUT2D eigenvalue weighted by atomic mass is 10.2. The van der Waals surface area contributed by atoms with Crippen LogP contribution in [-0.2, 0) is 9.53 Å². The molecule has 3 N–H and O–H groups in total. The minimum atomic E-state index is 0.0796. The van der Waals surface area contributed by atoms with Crippen LogP contribution in [0.3, 0.4) is 0 Å². The molecule has 1 fully saturated rings. The minimum absolute atomic E-state index is 0.0796. The van der Waals surface area contributed by atoms with E-state index in [4.69, 9.17) is 17.0 Å². The summed E-state index contributed by atoms with van der Waals surface area (Å²) in [6.45, 7) is 7.23. The highest BCUT2D eigenvalue weighted by Crippen LogP contribution is 2.10. The molecule has 0 bridgehead atoms. The van der Waals surface area contributed by atoms with E-state index in [1.54, 1.807) is 7.11 Å². The van der Waals surface area contributed by atoms with Crippen LogP contribution in [0, 0.1) is 6.92 Å². The Labute approximate surface area is 149 Å². The highest BCUT2D eigenvalue weighted by atomic mass is 32.1. The van der Waals surface area contributed by atoms with Crippen LogP contribution in [0.1, 0.15) is 5.56 Å². The zero-order valence-electron chi connectivity index (χ0n) is 14.4. The molecule has 7 heteroatoms. The Hall–Kier alpha value is -1.70. The van der Waals surface area contributed by atoms with Crippen LogP contribution < -0.4 is 15.5 Å². The van der Waals surface area contributed by atoms with Gasteiger partial charge in [-0.15, -0.1) is 0 Å². The van der Waals surface area contributed by atoms with Crippen LogP contribution in [0.5, 0.6) is 0 Å². The van der Waals surface area contributed by atoms with Gasteiger partial charge in [-0.1, -0.05) is 12.1 Å². The van der Waals surface area contributed by atoms with E-state index in [0.29, 0.717) is 19.7 Å². The highest BCUT2D eigenvalue weighted by molar-refractivity contribution is 7.80. The van der Waals surface area contributed by atoms with Crippen molar-refractivity contribution in [2.75, 3.05) is 58.3 Å². The summed E-state index contributed by atoms with van der Waals surface area (Å²) >= 11 is 5.51. The van der Waals surface area contributed by atoms with Gasteiger partial charge in [-0.05, 0) is 36.8 Å². The van der Waals surface area contributed by atoms with Gasteiger partial charge < -0.3 is 25.2 Å². The number of ether oxygens (including phenoxy) is 1. The largest absolute Gasteiger partial charge is 0.383 e. The Balaban J connectivity index is 1.72. The number of anilines is 1. The molecule has 0 radical (unpaired) electrons. The van der Waals surface area contributed by atoms with E-state index in [0.717, 1.165) is 37.0 Å². The van der Waals surface area contributed by atoms with Crippen LogP contribution in [0.15, 0.2) is 24.3 Å². The molecule has 1 aliphatic rings. The summed E-state index contributed by atoms with van der Waals surface area (Å²) in [6, 6.07) is 8.18. The van der Waals surface area contributed by atoms with Gasteiger partial charge in [-0.25, -0.2) is 0 Å². The number of carbonyl (C=O) groups is 1. The van der Waals surface area contributed by atoms with E-state index in [9.17, 15) is 4.79 Å². The van der Waals surface area contributed by atoms with Crippen LogP contribution in [-0.4, -0.2) is 68.9 Å². The van der Waals surface area contributed by atoms with Crippen molar-refractivity contribution in [1.29, 1.82) is 0 Å². The Morgan fingerprint density at radius 3 is 2.79 bits per heavy atom. The molecule has 1 heterocycles. The van der Waals surface area contributed by atoms with Crippen LogP contribution in [0.2, 0.25) is 0 Å². The molecule has 0 aromatic heterocycles. The second kappa shape index (κ2) is 9.56. The van der Waals surface area contributed by atoms with Gasteiger partial charge in [0.05, 0.1) is 32.8 Å². The summed E-state index contributed by atoms with van der Waals surface area (Å²) in [4.78, 5) is 15.3. The van der Waals surface area contributed by atoms with Gasteiger partial charge in [0.15, 0.2) is 11.7 Å². The van der Waals surface area contributed by atoms with E-state index in [2.05, 4.69) is 34.6 Å². The number of nitrogens with zero attached hydrogens (tertiary/aromatic N) is 1. The van der Waals surface area contributed by atoms with Crippen molar-refractivity contribution in [3.8, 4) is 0 Å². The molecule has 2 rings (SSSR count). The summed E-state index contributed by atoms with van der Waals surface area (Å²) in [5, 5.41) is 6.92. The maximum Gasteiger partial charge on any atom is 0.275 e. The van der Waals surface area contributed by atoms with Crippen molar-refractivity contribution in [3.63, 3.8) is 0 Å². The molecule has 6 nitrogen and oxygen atoms in total. The predicted molar refractivity (Wildman–Crippen MR) is 99.4 cm³/mol. The van der Waals surface area contributed by atoms with E-state index in [1.807, 2.05) is 12.1 Å². The molecule has 0 unspecified atom stereocenters. The molecular weight excluding hydrogens is 324 g/mol. The number of nitrogens with one attached hydrogen (secondary N) is 3. The van der Waals surface area contributed by atoms with Crippen molar-refractivity contribution in [2.45, 2.75) is 6.92 Å². The number of methoxy groups -OCH3 is 1. The number of hydrogen-bond donors (Lipinski definition) is 3. The molecule has 0 spiro atoms. The number of thiocarbonyl (C=S) groups is 1. The second-order valence-corrected chi connectivity index (χ2v) is 6.44. The molecule has 24 heavy (non-hydrogen) atoms.